The molecular formula is C16H13ClN4O2S. The minimum absolute atomic E-state index is 0.123. The molecule has 0 unspecified atom stereocenters. The van der Waals surface area contributed by atoms with Crippen LogP contribution < -0.4 is 10.1 Å². The fourth-order valence-corrected chi connectivity index (χ4v) is 2.61. The average Bonchev–Trinajstić information content (AvgIpc) is 2.90. The zero-order chi connectivity index (χ0) is 17.1. The second-order valence-electron chi connectivity index (χ2n) is 4.82. The maximum Gasteiger partial charge on any atom is 0.218 e. The summed E-state index contributed by atoms with van der Waals surface area (Å²) in [5.41, 5.74) is 1.54. The lowest BCUT2D eigenvalue weighted by molar-refractivity contribution is 0.417. The second kappa shape index (κ2) is 6.86. The minimum atomic E-state index is -0.123. The van der Waals surface area contributed by atoms with E-state index < -0.39 is 0 Å². The third kappa shape index (κ3) is 3.17. The van der Waals surface area contributed by atoms with Gasteiger partial charge < -0.3 is 20.1 Å². The molecule has 0 saturated heterocycles. The highest BCUT2D eigenvalue weighted by atomic mass is 35.5. The Bertz CT molecular complexity index is 939. The van der Waals surface area contributed by atoms with Gasteiger partial charge in [0, 0.05) is 5.39 Å². The lowest BCUT2D eigenvalue weighted by atomic mass is 10.2. The standard InChI is InChI=1S/C16H13ClN4O2S/c1-23-12-8-3-2-7-11(12)18-16(24)21-20-14-9-5-4-6-10(17)13(9)19-15(14)22/h2-8,19,22H,1H3,(H,18,24). The molecule has 0 spiro atoms. The van der Waals surface area contributed by atoms with Crippen molar-refractivity contribution >= 4 is 51.2 Å². The Kier molecular flexibility index (Phi) is 4.64. The molecule has 6 nitrogen and oxygen atoms in total. The summed E-state index contributed by atoms with van der Waals surface area (Å²) >= 11 is 11.2. The summed E-state index contributed by atoms with van der Waals surface area (Å²) in [6, 6.07) is 12.6. The Morgan fingerprint density at radius 2 is 2.04 bits per heavy atom. The first kappa shape index (κ1) is 16.2. The molecule has 3 rings (SSSR count). The molecule has 1 heterocycles. The Labute approximate surface area is 148 Å². The number of aromatic amines is 1. The van der Waals surface area contributed by atoms with E-state index >= 15 is 0 Å². The summed E-state index contributed by atoms with van der Waals surface area (Å²) in [6.45, 7) is 0. The number of azo groups is 1. The molecule has 0 atom stereocenters. The molecule has 0 fully saturated rings. The molecule has 1 aromatic heterocycles. The van der Waals surface area contributed by atoms with Gasteiger partial charge in [0.2, 0.25) is 11.0 Å². The van der Waals surface area contributed by atoms with E-state index in [1.807, 2.05) is 18.2 Å². The van der Waals surface area contributed by atoms with Crippen LogP contribution in [-0.4, -0.2) is 22.3 Å². The Morgan fingerprint density at radius 3 is 2.83 bits per heavy atom. The maximum absolute atomic E-state index is 9.99. The monoisotopic (exact) mass is 360 g/mol. The van der Waals surface area contributed by atoms with Gasteiger partial charge in [-0.2, -0.15) is 0 Å². The molecular weight excluding hydrogens is 348 g/mol. The average molecular weight is 361 g/mol. The van der Waals surface area contributed by atoms with Crippen LogP contribution in [0.25, 0.3) is 10.9 Å². The summed E-state index contributed by atoms with van der Waals surface area (Å²) in [7, 11) is 1.57. The predicted molar refractivity (Wildman–Crippen MR) is 98.7 cm³/mol. The molecule has 122 valence electrons. The van der Waals surface area contributed by atoms with E-state index in [-0.39, 0.29) is 16.7 Å². The number of anilines is 1. The molecule has 2 aromatic carbocycles. The lowest BCUT2D eigenvalue weighted by Crippen LogP contribution is -2.06. The predicted octanol–water partition coefficient (Wildman–Crippen LogP) is 5.02. The van der Waals surface area contributed by atoms with Crippen LogP contribution in [0.5, 0.6) is 11.6 Å². The number of H-pyrrole nitrogens is 1. The van der Waals surface area contributed by atoms with Gasteiger partial charge in [0.05, 0.1) is 23.3 Å². The number of aromatic nitrogens is 1. The fourth-order valence-electron chi connectivity index (χ4n) is 2.24. The first-order chi connectivity index (χ1) is 11.6. The van der Waals surface area contributed by atoms with Gasteiger partial charge in [0.1, 0.15) is 5.75 Å². The first-order valence-corrected chi connectivity index (χ1v) is 7.73. The van der Waals surface area contributed by atoms with Crippen LogP contribution in [0, 0.1) is 0 Å². The second-order valence-corrected chi connectivity index (χ2v) is 5.61. The van der Waals surface area contributed by atoms with Crippen molar-refractivity contribution < 1.29 is 9.84 Å². The van der Waals surface area contributed by atoms with Crippen molar-refractivity contribution in [3.63, 3.8) is 0 Å². The number of rotatable bonds is 3. The van der Waals surface area contributed by atoms with Gasteiger partial charge >= 0.3 is 0 Å². The SMILES string of the molecule is COc1ccccc1NC(=S)N=Nc1c(O)[nH]c2c(Cl)cccc12. The third-order valence-corrected chi connectivity index (χ3v) is 3.82. The van der Waals surface area contributed by atoms with Crippen molar-refractivity contribution in [1.82, 2.24) is 4.98 Å². The number of para-hydroxylation sites is 3. The molecule has 0 radical (unpaired) electrons. The van der Waals surface area contributed by atoms with Gasteiger partial charge in [-0.05, 0) is 30.4 Å². The molecule has 0 aliphatic rings. The molecule has 0 amide bonds. The van der Waals surface area contributed by atoms with Gasteiger partial charge in [0.15, 0.2) is 5.69 Å². The van der Waals surface area contributed by atoms with E-state index in [1.165, 1.54) is 0 Å². The Morgan fingerprint density at radius 1 is 1.25 bits per heavy atom. The summed E-state index contributed by atoms with van der Waals surface area (Å²) < 4.78 is 5.23. The number of ether oxygens (including phenoxy) is 1. The van der Waals surface area contributed by atoms with Crippen LogP contribution in [0.4, 0.5) is 11.4 Å². The zero-order valence-electron chi connectivity index (χ0n) is 12.6. The molecule has 3 aromatic rings. The van der Waals surface area contributed by atoms with Crippen LogP contribution in [-0.2, 0) is 0 Å². The summed E-state index contributed by atoms with van der Waals surface area (Å²) in [5.74, 6) is 0.513. The van der Waals surface area contributed by atoms with Crippen molar-refractivity contribution in [2.45, 2.75) is 0 Å². The summed E-state index contributed by atoms with van der Waals surface area (Å²) in [4.78, 5) is 2.77. The lowest BCUT2D eigenvalue weighted by Gasteiger charge is -2.08. The number of hydrogen-bond acceptors (Lipinski definition) is 4. The first-order valence-electron chi connectivity index (χ1n) is 6.95. The van der Waals surface area contributed by atoms with Gasteiger partial charge in [-0.3, -0.25) is 0 Å². The van der Waals surface area contributed by atoms with Crippen molar-refractivity contribution in [3.05, 3.63) is 47.5 Å². The van der Waals surface area contributed by atoms with Crippen molar-refractivity contribution in [2.75, 3.05) is 12.4 Å². The van der Waals surface area contributed by atoms with Crippen molar-refractivity contribution in [3.8, 4) is 11.6 Å². The van der Waals surface area contributed by atoms with Gasteiger partial charge in [-0.15, -0.1) is 10.2 Å². The highest BCUT2D eigenvalue weighted by molar-refractivity contribution is 7.80. The number of hydrogen-bond donors (Lipinski definition) is 3. The molecule has 8 heteroatoms. The largest absolute Gasteiger partial charge is 0.495 e. The Balaban J connectivity index is 1.85. The van der Waals surface area contributed by atoms with E-state index in [2.05, 4.69) is 20.5 Å². The quantitative estimate of drug-likeness (QED) is 0.452. The third-order valence-electron chi connectivity index (χ3n) is 3.33. The fraction of sp³-hybridized carbons (Fsp3) is 0.0625. The number of benzene rings is 2. The minimum Gasteiger partial charge on any atom is -0.495 e. The van der Waals surface area contributed by atoms with Gasteiger partial charge in [-0.1, -0.05) is 35.9 Å². The van der Waals surface area contributed by atoms with E-state index in [9.17, 15) is 5.11 Å². The normalized spacial score (nSPS) is 11.1. The van der Waals surface area contributed by atoms with Crippen molar-refractivity contribution in [2.24, 2.45) is 10.2 Å². The van der Waals surface area contributed by atoms with Crippen LogP contribution >= 0.6 is 23.8 Å². The molecule has 0 saturated carbocycles. The number of thiocarbonyl (C=S) groups is 1. The molecule has 0 aliphatic carbocycles. The molecule has 3 N–H and O–H groups in total. The number of nitrogens with zero attached hydrogens (tertiary/aromatic N) is 2. The van der Waals surface area contributed by atoms with E-state index in [0.29, 0.717) is 27.4 Å². The number of fused-ring (bicyclic) bond motifs is 1. The number of halogens is 1. The van der Waals surface area contributed by atoms with Crippen LogP contribution in [0.3, 0.4) is 0 Å². The van der Waals surface area contributed by atoms with E-state index in [1.54, 1.807) is 31.4 Å². The highest BCUT2D eigenvalue weighted by Crippen LogP contribution is 2.38. The smallest absolute Gasteiger partial charge is 0.218 e. The number of methoxy groups -OCH3 is 1. The molecule has 0 aliphatic heterocycles. The van der Waals surface area contributed by atoms with Gasteiger partial charge in [0.25, 0.3) is 0 Å². The van der Waals surface area contributed by atoms with E-state index in [4.69, 9.17) is 28.6 Å². The molecule has 0 bridgehead atoms. The summed E-state index contributed by atoms with van der Waals surface area (Å²) in [5, 5.41) is 22.2. The maximum atomic E-state index is 9.99. The highest BCUT2D eigenvalue weighted by Gasteiger charge is 2.12. The zero-order valence-corrected chi connectivity index (χ0v) is 14.1. The molecule has 24 heavy (non-hydrogen) atoms. The number of aromatic hydroxyl groups is 1. The van der Waals surface area contributed by atoms with Crippen LogP contribution in [0.2, 0.25) is 5.02 Å². The van der Waals surface area contributed by atoms with Gasteiger partial charge in [-0.25, -0.2) is 0 Å². The van der Waals surface area contributed by atoms with E-state index in [0.717, 1.165) is 0 Å². The number of nitrogens with one attached hydrogen (secondary N) is 2. The summed E-state index contributed by atoms with van der Waals surface area (Å²) in [6.07, 6.45) is 0. The van der Waals surface area contributed by atoms with Crippen molar-refractivity contribution in [1.29, 1.82) is 0 Å². The van der Waals surface area contributed by atoms with Crippen LogP contribution in [0.15, 0.2) is 52.7 Å². The topological polar surface area (TPSA) is 82.0 Å². The van der Waals surface area contributed by atoms with Crippen LogP contribution in [0.1, 0.15) is 0 Å². The Hall–Kier alpha value is -2.64.